The maximum atomic E-state index is 12.2. The molecule has 1 unspecified atom stereocenters. The molecule has 1 aliphatic heterocycles. The van der Waals surface area contributed by atoms with Crippen LogP contribution in [0.5, 0.6) is 0 Å². The van der Waals surface area contributed by atoms with Crippen LogP contribution in [-0.4, -0.2) is 43.7 Å². The van der Waals surface area contributed by atoms with Crippen LogP contribution in [0.1, 0.15) is 38.5 Å². The van der Waals surface area contributed by atoms with E-state index in [2.05, 4.69) is 6.58 Å². The molecule has 1 heterocycles. The highest BCUT2D eigenvalue weighted by Gasteiger charge is 2.28. The molecule has 0 radical (unpaired) electrons. The fourth-order valence-electron chi connectivity index (χ4n) is 2.46. The van der Waals surface area contributed by atoms with Crippen molar-refractivity contribution in [2.45, 2.75) is 44.6 Å². The van der Waals surface area contributed by atoms with Crippen molar-refractivity contribution in [1.29, 1.82) is 0 Å². The van der Waals surface area contributed by atoms with Crippen molar-refractivity contribution in [3.63, 3.8) is 0 Å². The number of hydrogen-bond donors (Lipinski definition) is 1. The lowest BCUT2D eigenvalue weighted by Gasteiger charge is -2.29. The van der Waals surface area contributed by atoms with Gasteiger partial charge in [-0.25, -0.2) is 0 Å². The van der Waals surface area contributed by atoms with Gasteiger partial charge >= 0.3 is 0 Å². The van der Waals surface area contributed by atoms with E-state index in [4.69, 9.17) is 10.5 Å². The Balaban J connectivity index is 2.24. The van der Waals surface area contributed by atoms with Gasteiger partial charge in [-0.15, -0.1) is 6.58 Å². The molecular weight excluding hydrogens is 240 g/mol. The number of carbonyl (C=O) groups excluding carboxylic acids is 1. The van der Waals surface area contributed by atoms with E-state index in [1.54, 1.807) is 4.90 Å². The molecule has 1 atom stereocenters. The van der Waals surface area contributed by atoms with Gasteiger partial charge in [-0.3, -0.25) is 4.79 Å². The number of nitrogens with zero attached hydrogens (tertiary/aromatic N) is 1. The van der Waals surface area contributed by atoms with Gasteiger partial charge in [0.05, 0.1) is 6.04 Å². The Morgan fingerprint density at radius 3 is 2.74 bits per heavy atom. The lowest BCUT2D eigenvalue weighted by atomic mass is 9.91. The van der Waals surface area contributed by atoms with Crippen LogP contribution in [0.15, 0.2) is 12.7 Å². The Bertz CT molecular complexity index is 275. The molecule has 19 heavy (non-hydrogen) atoms. The van der Waals surface area contributed by atoms with E-state index in [-0.39, 0.29) is 17.9 Å². The molecule has 4 heteroatoms. The molecule has 0 spiro atoms. The molecule has 1 amide bonds. The SMILES string of the molecule is C=CCCCCCN(C)C(=O)C(N)C1CCOCC1. The zero-order valence-electron chi connectivity index (χ0n) is 12.1. The Morgan fingerprint density at radius 1 is 1.42 bits per heavy atom. The normalized spacial score (nSPS) is 18.0. The minimum atomic E-state index is -0.359. The van der Waals surface area contributed by atoms with Gasteiger partial charge in [-0.1, -0.05) is 12.5 Å². The van der Waals surface area contributed by atoms with Crippen molar-refractivity contribution < 1.29 is 9.53 Å². The fourth-order valence-corrected chi connectivity index (χ4v) is 2.46. The molecule has 4 nitrogen and oxygen atoms in total. The zero-order valence-corrected chi connectivity index (χ0v) is 12.1. The lowest BCUT2D eigenvalue weighted by Crippen LogP contribution is -2.47. The maximum absolute atomic E-state index is 12.2. The number of nitrogens with two attached hydrogens (primary N) is 1. The molecule has 1 fully saturated rings. The summed E-state index contributed by atoms with van der Waals surface area (Å²) in [5, 5.41) is 0. The first-order chi connectivity index (χ1) is 9.16. The van der Waals surface area contributed by atoms with Gasteiger partial charge in [0.25, 0.3) is 0 Å². The highest BCUT2D eigenvalue weighted by molar-refractivity contribution is 5.81. The van der Waals surface area contributed by atoms with Crippen molar-refractivity contribution in [3.8, 4) is 0 Å². The smallest absolute Gasteiger partial charge is 0.239 e. The second-order valence-electron chi connectivity index (χ2n) is 5.37. The molecule has 1 aliphatic rings. The van der Waals surface area contributed by atoms with Gasteiger partial charge in [-0.05, 0) is 38.0 Å². The van der Waals surface area contributed by atoms with E-state index in [1.807, 2.05) is 13.1 Å². The minimum Gasteiger partial charge on any atom is -0.381 e. The Kier molecular flexibility index (Phi) is 7.75. The summed E-state index contributed by atoms with van der Waals surface area (Å²) in [4.78, 5) is 14.0. The summed E-state index contributed by atoms with van der Waals surface area (Å²) in [6.45, 7) is 5.97. The molecule has 0 aromatic carbocycles. The molecule has 0 bridgehead atoms. The van der Waals surface area contributed by atoms with Crippen LogP contribution < -0.4 is 5.73 Å². The molecule has 0 aromatic rings. The summed E-state index contributed by atoms with van der Waals surface area (Å²) >= 11 is 0. The van der Waals surface area contributed by atoms with E-state index >= 15 is 0 Å². The summed E-state index contributed by atoms with van der Waals surface area (Å²) in [5.41, 5.74) is 6.08. The van der Waals surface area contributed by atoms with E-state index < -0.39 is 0 Å². The number of carbonyl (C=O) groups is 1. The van der Waals surface area contributed by atoms with E-state index in [0.29, 0.717) is 0 Å². The molecule has 0 aromatic heterocycles. The molecule has 2 N–H and O–H groups in total. The lowest BCUT2D eigenvalue weighted by molar-refractivity contribution is -0.133. The molecule has 1 saturated heterocycles. The number of allylic oxidation sites excluding steroid dienone is 1. The molecule has 0 aliphatic carbocycles. The largest absolute Gasteiger partial charge is 0.381 e. The maximum Gasteiger partial charge on any atom is 0.239 e. The fraction of sp³-hybridized carbons (Fsp3) is 0.800. The molecule has 110 valence electrons. The van der Waals surface area contributed by atoms with E-state index in [1.165, 1.54) is 0 Å². The first-order valence-electron chi connectivity index (χ1n) is 7.36. The predicted octanol–water partition coefficient (Wildman–Crippen LogP) is 1.95. The first kappa shape index (κ1) is 16.2. The third kappa shape index (κ3) is 5.74. The van der Waals surface area contributed by atoms with Gasteiger partial charge in [0.15, 0.2) is 0 Å². The third-order valence-corrected chi connectivity index (χ3v) is 3.84. The summed E-state index contributed by atoms with van der Waals surface area (Å²) in [6, 6.07) is -0.359. The predicted molar refractivity (Wildman–Crippen MR) is 77.8 cm³/mol. The van der Waals surface area contributed by atoms with Gasteiger partial charge in [0, 0.05) is 26.8 Å². The Labute approximate surface area is 117 Å². The van der Waals surface area contributed by atoms with Gasteiger partial charge in [0.1, 0.15) is 0 Å². The van der Waals surface area contributed by atoms with Crippen LogP contribution in [0.25, 0.3) is 0 Å². The Hall–Kier alpha value is -0.870. The number of amides is 1. The van der Waals surface area contributed by atoms with Gasteiger partial charge in [0.2, 0.25) is 5.91 Å². The molecule has 0 saturated carbocycles. The summed E-state index contributed by atoms with van der Waals surface area (Å²) < 4.78 is 5.30. The monoisotopic (exact) mass is 268 g/mol. The minimum absolute atomic E-state index is 0.0793. The van der Waals surface area contributed by atoms with Gasteiger partial charge in [-0.2, -0.15) is 0 Å². The standard InChI is InChI=1S/C15H28N2O2/c1-3-4-5-6-7-10-17(2)15(18)14(16)13-8-11-19-12-9-13/h3,13-14H,1,4-12,16H2,2H3. The van der Waals surface area contributed by atoms with Crippen molar-refractivity contribution in [2.24, 2.45) is 11.7 Å². The van der Waals surface area contributed by atoms with Crippen molar-refractivity contribution >= 4 is 5.91 Å². The Morgan fingerprint density at radius 2 is 2.11 bits per heavy atom. The van der Waals surface area contributed by atoms with Crippen LogP contribution in [0.2, 0.25) is 0 Å². The van der Waals surface area contributed by atoms with Crippen molar-refractivity contribution in [3.05, 3.63) is 12.7 Å². The van der Waals surface area contributed by atoms with Crippen LogP contribution in [0, 0.1) is 5.92 Å². The average molecular weight is 268 g/mol. The van der Waals surface area contributed by atoms with Crippen molar-refractivity contribution in [1.82, 2.24) is 4.90 Å². The number of rotatable bonds is 8. The van der Waals surface area contributed by atoms with Crippen molar-refractivity contribution in [2.75, 3.05) is 26.8 Å². The van der Waals surface area contributed by atoms with Crippen LogP contribution in [0.3, 0.4) is 0 Å². The average Bonchev–Trinajstić information content (AvgIpc) is 2.46. The topological polar surface area (TPSA) is 55.6 Å². The highest BCUT2D eigenvalue weighted by atomic mass is 16.5. The molecule has 1 rings (SSSR count). The first-order valence-corrected chi connectivity index (χ1v) is 7.36. The summed E-state index contributed by atoms with van der Waals surface area (Å²) in [5.74, 6) is 0.361. The second-order valence-corrected chi connectivity index (χ2v) is 5.37. The van der Waals surface area contributed by atoms with Crippen LogP contribution >= 0.6 is 0 Å². The molecular formula is C15H28N2O2. The second kappa shape index (κ2) is 9.10. The van der Waals surface area contributed by atoms with E-state index in [9.17, 15) is 4.79 Å². The highest BCUT2D eigenvalue weighted by Crippen LogP contribution is 2.18. The summed E-state index contributed by atoms with van der Waals surface area (Å²) in [7, 11) is 1.86. The number of hydrogen-bond acceptors (Lipinski definition) is 3. The number of unbranched alkanes of at least 4 members (excludes halogenated alkanes) is 3. The zero-order chi connectivity index (χ0) is 14.1. The van der Waals surface area contributed by atoms with Crippen LogP contribution in [-0.2, 0) is 9.53 Å². The third-order valence-electron chi connectivity index (χ3n) is 3.84. The number of likely N-dealkylation sites (N-methyl/N-ethyl adjacent to an activating group) is 1. The van der Waals surface area contributed by atoms with E-state index in [0.717, 1.165) is 58.3 Å². The van der Waals surface area contributed by atoms with Crippen LogP contribution in [0.4, 0.5) is 0 Å². The number of ether oxygens (including phenoxy) is 1. The summed E-state index contributed by atoms with van der Waals surface area (Å²) in [6.07, 6.45) is 8.12. The van der Waals surface area contributed by atoms with Gasteiger partial charge < -0.3 is 15.4 Å². The quantitative estimate of drug-likeness (QED) is 0.541.